The smallest absolute Gasteiger partial charge is 0.278 e. The van der Waals surface area contributed by atoms with Gasteiger partial charge in [0.1, 0.15) is 23.9 Å². The van der Waals surface area contributed by atoms with Crippen molar-refractivity contribution >= 4 is 22.5 Å². The topological polar surface area (TPSA) is 68.9 Å². The Hall–Kier alpha value is -4.33. The maximum absolute atomic E-state index is 14.3. The van der Waals surface area contributed by atoms with Crippen molar-refractivity contribution < 1.29 is 13.6 Å². The number of anilines is 1. The third-order valence-corrected chi connectivity index (χ3v) is 5.85. The number of benzene rings is 3. The molecule has 0 aromatic heterocycles. The van der Waals surface area contributed by atoms with E-state index in [4.69, 9.17) is 0 Å². The highest BCUT2D eigenvalue weighted by Gasteiger charge is 2.22. The molecule has 0 saturated heterocycles. The van der Waals surface area contributed by atoms with Crippen LogP contribution in [0.25, 0.3) is 22.2 Å². The fourth-order valence-electron chi connectivity index (χ4n) is 4.38. The number of amides is 1. The normalized spacial score (nSPS) is 11.3. The predicted octanol–water partition coefficient (Wildman–Crippen LogP) is 4.88. The second-order valence-corrected chi connectivity index (χ2v) is 8.66. The Labute approximate surface area is 199 Å². The summed E-state index contributed by atoms with van der Waals surface area (Å²) in [7, 11) is 0. The number of aryl methyl sites for hydroxylation is 2. The van der Waals surface area contributed by atoms with Gasteiger partial charge in [-0.1, -0.05) is 24.3 Å². The van der Waals surface area contributed by atoms with Gasteiger partial charge in [0.05, 0.1) is 17.6 Å². The Morgan fingerprint density at radius 3 is 2.49 bits per heavy atom. The minimum absolute atomic E-state index is 0.141. The minimum atomic E-state index is -0.489. The molecule has 3 aromatic carbocycles. The lowest BCUT2D eigenvalue weighted by Gasteiger charge is -2.14. The number of hydrogen-bond acceptors (Lipinski definition) is 3. The molecule has 3 aromatic rings. The summed E-state index contributed by atoms with van der Waals surface area (Å²) in [4.78, 5) is 25.8. The van der Waals surface area contributed by atoms with Gasteiger partial charge in [-0.3, -0.25) is 9.59 Å². The van der Waals surface area contributed by atoms with E-state index in [0.29, 0.717) is 22.2 Å². The molecular formula is C27H22F2N4O2. The summed E-state index contributed by atoms with van der Waals surface area (Å²) in [5.74, 6) is -1.27. The highest BCUT2D eigenvalue weighted by Crippen LogP contribution is 2.29. The van der Waals surface area contributed by atoms with Crippen LogP contribution in [-0.2, 0) is 17.9 Å². The molecule has 0 radical (unpaired) electrons. The van der Waals surface area contributed by atoms with E-state index in [0.717, 1.165) is 15.8 Å². The maximum atomic E-state index is 14.3. The van der Waals surface area contributed by atoms with Crippen LogP contribution in [0.2, 0.25) is 0 Å². The predicted molar refractivity (Wildman–Crippen MR) is 131 cm³/mol. The van der Waals surface area contributed by atoms with Crippen molar-refractivity contribution in [2.75, 3.05) is 5.32 Å². The third-order valence-electron chi connectivity index (χ3n) is 5.85. The molecule has 2 aliphatic heterocycles. The summed E-state index contributed by atoms with van der Waals surface area (Å²) in [6.45, 7) is 3.70. The van der Waals surface area contributed by atoms with E-state index in [9.17, 15) is 18.4 Å². The summed E-state index contributed by atoms with van der Waals surface area (Å²) in [6.07, 6.45) is 1.58. The number of nitrogens with one attached hydrogen (secondary N) is 1. The average molecular weight is 472 g/mol. The van der Waals surface area contributed by atoms with Crippen LogP contribution >= 0.6 is 0 Å². The van der Waals surface area contributed by atoms with Crippen molar-refractivity contribution in [1.29, 1.82) is 0 Å². The lowest BCUT2D eigenvalue weighted by molar-refractivity contribution is -0.116. The van der Waals surface area contributed by atoms with Gasteiger partial charge in [0, 0.05) is 22.8 Å². The van der Waals surface area contributed by atoms with Gasteiger partial charge in [-0.2, -0.15) is 5.10 Å². The Morgan fingerprint density at radius 2 is 1.74 bits per heavy atom. The number of pyridine rings is 1. The number of rotatable bonds is 5. The van der Waals surface area contributed by atoms with E-state index >= 15 is 0 Å². The molecule has 0 unspecified atom stereocenters. The minimum Gasteiger partial charge on any atom is -0.342 e. The monoisotopic (exact) mass is 472 g/mol. The van der Waals surface area contributed by atoms with Gasteiger partial charge in [-0.15, -0.1) is 0 Å². The lowest BCUT2D eigenvalue weighted by Crippen LogP contribution is -2.26. The molecule has 5 rings (SSSR count). The van der Waals surface area contributed by atoms with E-state index < -0.39 is 17.3 Å². The van der Waals surface area contributed by atoms with Crippen molar-refractivity contribution in [3.05, 3.63) is 106 Å². The fourth-order valence-corrected chi connectivity index (χ4v) is 4.38. The van der Waals surface area contributed by atoms with Gasteiger partial charge < -0.3 is 9.88 Å². The van der Waals surface area contributed by atoms with Crippen molar-refractivity contribution in [2.45, 2.75) is 26.9 Å². The second-order valence-electron chi connectivity index (χ2n) is 8.66. The molecule has 2 heterocycles. The molecular weight excluding hydrogens is 450 g/mol. The molecule has 1 N–H and O–H groups in total. The lowest BCUT2D eigenvalue weighted by atomic mass is 10.1. The van der Waals surface area contributed by atoms with E-state index in [2.05, 4.69) is 10.4 Å². The molecule has 35 heavy (non-hydrogen) atoms. The van der Waals surface area contributed by atoms with Gasteiger partial charge in [0.2, 0.25) is 5.91 Å². The standard InChI is InChI=1S/C27H22F2N4O2/c1-16-9-17(2)11-20(10-16)30-25(34)15-33-27(35)22-14-32(13-18-5-3-4-6-23(18)29)24-8-7-19(28)12-21(24)26(22)31-33/h3-12,14H,13,15H2,1-2H3,(H,30,34). The van der Waals surface area contributed by atoms with Crippen molar-refractivity contribution in [2.24, 2.45) is 0 Å². The highest BCUT2D eigenvalue weighted by molar-refractivity contribution is 5.94. The van der Waals surface area contributed by atoms with Crippen molar-refractivity contribution in [1.82, 2.24) is 14.3 Å². The molecule has 6 nitrogen and oxygen atoms in total. The molecule has 0 fully saturated rings. The molecule has 2 aliphatic rings. The number of aromatic nitrogens is 3. The van der Waals surface area contributed by atoms with E-state index in [1.54, 1.807) is 35.0 Å². The van der Waals surface area contributed by atoms with Crippen LogP contribution in [-0.4, -0.2) is 20.3 Å². The fraction of sp³-hybridized carbons (Fsp3) is 0.148. The summed E-state index contributed by atoms with van der Waals surface area (Å²) in [6, 6.07) is 16.2. The number of halogens is 2. The second kappa shape index (κ2) is 8.79. The molecule has 0 saturated carbocycles. The Bertz CT molecular complexity index is 1600. The Balaban J connectivity index is 1.55. The third kappa shape index (κ3) is 4.42. The molecule has 0 bridgehead atoms. The molecule has 0 atom stereocenters. The molecule has 1 amide bonds. The summed E-state index contributed by atoms with van der Waals surface area (Å²) >= 11 is 0. The maximum Gasteiger partial charge on any atom is 0.278 e. The van der Waals surface area contributed by atoms with Crippen LogP contribution in [0, 0.1) is 25.5 Å². The van der Waals surface area contributed by atoms with E-state index in [1.165, 1.54) is 18.2 Å². The summed E-state index contributed by atoms with van der Waals surface area (Å²) in [5, 5.41) is 7.55. The molecule has 0 spiro atoms. The van der Waals surface area contributed by atoms with Crippen LogP contribution in [0.5, 0.6) is 0 Å². The largest absolute Gasteiger partial charge is 0.342 e. The number of carbonyl (C=O) groups is 1. The van der Waals surface area contributed by atoms with Gasteiger partial charge >= 0.3 is 0 Å². The summed E-state index contributed by atoms with van der Waals surface area (Å²) < 4.78 is 31.2. The van der Waals surface area contributed by atoms with Gasteiger partial charge in [-0.05, 0) is 61.4 Å². The quantitative estimate of drug-likeness (QED) is 0.396. The molecule has 8 heteroatoms. The Kier molecular flexibility index (Phi) is 5.64. The van der Waals surface area contributed by atoms with Crippen LogP contribution in [0.15, 0.2) is 71.7 Å². The summed E-state index contributed by atoms with van der Waals surface area (Å²) in [5.41, 5.74) is 3.68. The van der Waals surface area contributed by atoms with Crippen molar-refractivity contribution in [3.8, 4) is 11.3 Å². The Morgan fingerprint density at radius 1 is 1.00 bits per heavy atom. The van der Waals surface area contributed by atoms with Crippen LogP contribution < -0.4 is 10.9 Å². The van der Waals surface area contributed by atoms with Gasteiger partial charge in [0.15, 0.2) is 0 Å². The first kappa shape index (κ1) is 22.5. The first-order valence-electron chi connectivity index (χ1n) is 11.1. The number of nitrogens with zero attached hydrogens (tertiary/aromatic N) is 3. The van der Waals surface area contributed by atoms with E-state index in [-0.39, 0.29) is 30.2 Å². The number of carbonyl (C=O) groups excluding carboxylic acids is 1. The molecule has 0 aliphatic carbocycles. The highest BCUT2D eigenvalue weighted by atomic mass is 19.1. The number of hydrogen-bond donors (Lipinski definition) is 1. The number of fused-ring (bicyclic) bond motifs is 3. The van der Waals surface area contributed by atoms with Gasteiger partial charge in [-0.25, -0.2) is 13.5 Å². The zero-order valence-electron chi connectivity index (χ0n) is 19.2. The van der Waals surface area contributed by atoms with Crippen molar-refractivity contribution in [3.63, 3.8) is 0 Å². The van der Waals surface area contributed by atoms with Crippen LogP contribution in [0.4, 0.5) is 14.5 Å². The SMILES string of the molecule is Cc1cc(C)cc(NC(=O)Cn2nc3c4cc(F)ccc4n(Cc4ccccc4F)cc-3c2=O)c1. The zero-order chi connectivity index (χ0) is 24.7. The van der Waals surface area contributed by atoms with Crippen LogP contribution in [0.1, 0.15) is 16.7 Å². The first-order chi connectivity index (χ1) is 16.8. The average Bonchev–Trinajstić information content (AvgIpc) is 3.10. The zero-order valence-corrected chi connectivity index (χ0v) is 19.2. The van der Waals surface area contributed by atoms with Crippen LogP contribution in [0.3, 0.4) is 0 Å². The molecule has 176 valence electrons. The first-order valence-corrected chi connectivity index (χ1v) is 11.1. The van der Waals surface area contributed by atoms with E-state index in [1.807, 2.05) is 32.0 Å². The van der Waals surface area contributed by atoms with Gasteiger partial charge in [0.25, 0.3) is 5.56 Å².